The highest BCUT2D eigenvalue weighted by Gasteiger charge is 2.32. The molecule has 0 saturated heterocycles. The van der Waals surface area contributed by atoms with Crippen molar-refractivity contribution in [3.8, 4) is 0 Å². The van der Waals surface area contributed by atoms with Crippen molar-refractivity contribution in [2.24, 2.45) is 0 Å². The molecule has 1 aliphatic carbocycles. The van der Waals surface area contributed by atoms with Crippen LogP contribution < -0.4 is 0 Å². The monoisotopic (exact) mass is 240 g/mol. The third-order valence-corrected chi connectivity index (χ3v) is 3.66. The first-order valence-corrected chi connectivity index (χ1v) is 6.33. The SMILES string of the molecule is CCC(CC)n1nc(C2CC2)c(C=O)c1Cl. The second kappa shape index (κ2) is 4.58. The van der Waals surface area contributed by atoms with Gasteiger partial charge in [-0.3, -0.25) is 4.79 Å². The van der Waals surface area contributed by atoms with Gasteiger partial charge in [0, 0.05) is 5.92 Å². The van der Waals surface area contributed by atoms with Gasteiger partial charge in [0.2, 0.25) is 0 Å². The molecule has 2 rings (SSSR count). The van der Waals surface area contributed by atoms with Crippen molar-refractivity contribution in [3.63, 3.8) is 0 Å². The third kappa shape index (κ3) is 1.88. The molecule has 0 radical (unpaired) electrons. The summed E-state index contributed by atoms with van der Waals surface area (Å²) in [5, 5.41) is 5.06. The Morgan fingerprint density at radius 3 is 2.56 bits per heavy atom. The number of halogens is 1. The summed E-state index contributed by atoms with van der Waals surface area (Å²) in [7, 11) is 0. The average Bonchev–Trinajstić information content (AvgIpc) is 3.07. The van der Waals surface area contributed by atoms with E-state index in [1.807, 2.05) is 4.68 Å². The Bertz CT molecular complexity index is 392. The summed E-state index contributed by atoms with van der Waals surface area (Å²) in [6.07, 6.45) is 5.09. The lowest BCUT2D eigenvalue weighted by molar-refractivity contribution is 0.112. The van der Waals surface area contributed by atoms with Crippen LogP contribution in [-0.4, -0.2) is 16.1 Å². The fourth-order valence-corrected chi connectivity index (χ4v) is 2.40. The molecule has 0 bridgehead atoms. The number of carbonyl (C=O) groups is 1. The van der Waals surface area contributed by atoms with Gasteiger partial charge in [0.05, 0.1) is 17.3 Å². The first kappa shape index (κ1) is 11.6. The van der Waals surface area contributed by atoms with E-state index in [2.05, 4.69) is 18.9 Å². The summed E-state index contributed by atoms with van der Waals surface area (Å²) in [6, 6.07) is 0.304. The van der Waals surface area contributed by atoms with Crippen LogP contribution in [-0.2, 0) is 0 Å². The number of nitrogens with zero attached hydrogens (tertiary/aromatic N) is 2. The van der Waals surface area contributed by atoms with E-state index in [1.54, 1.807) is 0 Å². The molecule has 16 heavy (non-hydrogen) atoms. The molecule has 0 atom stereocenters. The molecule has 0 unspecified atom stereocenters. The fraction of sp³-hybridized carbons (Fsp3) is 0.667. The quantitative estimate of drug-likeness (QED) is 0.738. The zero-order valence-corrected chi connectivity index (χ0v) is 10.5. The van der Waals surface area contributed by atoms with Gasteiger partial charge in [-0.25, -0.2) is 4.68 Å². The minimum Gasteiger partial charge on any atom is -0.298 e. The van der Waals surface area contributed by atoms with Crippen molar-refractivity contribution in [3.05, 3.63) is 16.4 Å². The zero-order valence-electron chi connectivity index (χ0n) is 9.74. The minimum absolute atomic E-state index is 0.304. The van der Waals surface area contributed by atoms with E-state index in [0.29, 0.717) is 22.7 Å². The summed E-state index contributed by atoms with van der Waals surface area (Å²) in [4.78, 5) is 11.1. The summed E-state index contributed by atoms with van der Waals surface area (Å²) < 4.78 is 1.83. The van der Waals surface area contributed by atoms with E-state index < -0.39 is 0 Å². The minimum atomic E-state index is 0.304. The van der Waals surface area contributed by atoms with Crippen molar-refractivity contribution >= 4 is 17.9 Å². The lowest BCUT2D eigenvalue weighted by atomic mass is 10.2. The first-order valence-electron chi connectivity index (χ1n) is 5.95. The Morgan fingerprint density at radius 1 is 1.50 bits per heavy atom. The number of carbonyl (C=O) groups excluding carboxylic acids is 1. The molecule has 0 aliphatic heterocycles. The van der Waals surface area contributed by atoms with Crippen LogP contribution in [0.3, 0.4) is 0 Å². The Balaban J connectivity index is 2.41. The number of hydrogen-bond acceptors (Lipinski definition) is 2. The highest BCUT2D eigenvalue weighted by molar-refractivity contribution is 6.32. The molecule has 1 aliphatic rings. The summed E-state index contributed by atoms with van der Waals surface area (Å²) >= 11 is 6.22. The molecule has 0 amide bonds. The van der Waals surface area contributed by atoms with E-state index in [4.69, 9.17) is 11.6 Å². The van der Waals surface area contributed by atoms with E-state index in [0.717, 1.165) is 37.7 Å². The van der Waals surface area contributed by atoms with Crippen molar-refractivity contribution in [1.29, 1.82) is 0 Å². The number of rotatable bonds is 5. The molecule has 1 heterocycles. The highest BCUT2D eigenvalue weighted by Crippen LogP contribution is 2.42. The average molecular weight is 241 g/mol. The second-order valence-electron chi connectivity index (χ2n) is 4.40. The molecule has 1 saturated carbocycles. The lowest BCUT2D eigenvalue weighted by Crippen LogP contribution is -2.09. The fourth-order valence-electron chi connectivity index (χ4n) is 2.09. The molecule has 0 spiro atoms. The Labute approximate surface area is 101 Å². The van der Waals surface area contributed by atoms with Gasteiger partial charge in [0.1, 0.15) is 5.15 Å². The summed E-state index contributed by atoms with van der Waals surface area (Å²) in [6.45, 7) is 4.23. The van der Waals surface area contributed by atoms with Crippen molar-refractivity contribution in [1.82, 2.24) is 9.78 Å². The molecule has 3 nitrogen and oxygen atoms in total. The molecule has 0 N–H and O–H groups in total. The van der Waals surface area contributed by atoms with Gasteiger partial charge in [-0.1, -0.05) is 25.4 Å². The van der Waals surface area contributed by atoms with Crippen LogP contribution in [0.2, 0.25) is 5.15 Å². The molecule has 1 aromatic heterocycles. The number of aldehydes is 1. The van der Waals surface area contributed by atoms with Gasteiger partial charge in [-0.05, 0) is 25.7 Å². The maximum atomic E-state index is 11.1. The van der Waals surface area contributed by atoms with Crippen molar-refractivity contribution < 1.29 is 4.79 Å². The smallest absolute Gasteiger partial charge is 0.155 e. The number of hydrogen-bond donors (Lipinski definition) is 0. The molecule has 1 aromatic rings. The standard InChI is InChI=1S/C12H17ClN2O/c1-3-9(4-2)15-12(13)10(7-16)11(14-15)8-5-6-8/h7-9H,3-6H2,1-2H3. The van der Waals surface area contributed by atoms with Crippen LogP contribution in [0.1, 0.15) is 67.5 Å². The normalized spacial score (nSPS) is 15.8. The van der Waals surface area contributed by atoms with E-state index >= 15 is 0 Å². The van der Waals surface area contributed by atoms with Crippen LogP contribution >= 0.6 is 11.6 Å². The topological polar surface area (TPSA) is 34.9 Å². The van der Waals surface area contributed by atoms with Gasteiger partial charge in [-0.2, -0.15) is 5.10 Å². The molecular weight excluding hydrogens is 224 g/mol. The maximum absolute atomic E-state index is 11.1. The van der Waals surface area contributed by atoms with Crippen molar-refractivity contribution in [2.75, 3.05) is 0 Å². The summed E-state index contributed by atoms with van der Waals surface area (Å²) in [5.74, 6) is 0.466. The third-order valence-electron chi connectivity index (χ3n) is 3.29. The van der Waals surface area contributed by atoms with Crippen LogP contribution in [0.15, 0.2) is 0 Å². The Hall–Kier alpha value is -0.830. The first-order chi connectivity index (χ1) is 7.72. The molecular formula is C12H17ClN2O. The number of aromatic nitrogens is 2. The van der Waals surface area contributed by atoms with Crippen LogP contribution in [0, 0.1) is 0 Å². The van der Waals surface area contributed by atoms with E-state index in [9.17, 15) is 4.79 Å². The second-order valence-corrected chi connectivity index (χ2v) is 4.75. The van der Waals surface area contributed by atoms with Gasteiger partial charge in [0.25, 0.3) is 0 Å². The maximum Gasteiger partial charge on any atom is 0.155 e. The molecule has 88 valence electrons. The van der Waals surface area contributed by atoms with Crippen LogP contribution in [0.4, 0.5) is 0 Å². The van der Waals surface area contributed by atoms with Gasteiger partial charge < -0.3 is 0 Å². The van der Waals surface area contributed by atoms with Gasteiger partial charge in [0.15, 0.2) is 6.29 Å². The molecule has 1 fully saturated rings. The predicted molar refractivity (Wildman–Crippen MR) is 64.2 cm³/mol. The molecule has 0 aromatic carbocycles. The predicted octanol–water partition coefficient (Wildman–Crippen LogP) is 3.59. The van der Waals surface area contributed by atoms with Crippen molar-refractivity contribution in [2.45, 2.75) is 51.5 Å². The highest BCUT2D eigenvalue weighted by atomic mass is 35.5. The van der Waals surface area contributed by atoms with Gasteiger partial charge in [-0.15, -0.1) is 0 Å². The van der Waals surface area contributed by atoms with E-state index in [1.165, 1.54) is 0 Å². The lowest BCUT2D eigenvalue weighted by Gasteiger charge is -2.13. The largest absolute Gasteiger partial charge is 0.298 e. The zero-order chi connectivity index (χ0) is 11.7. The van der Waals surface area contributed by atoms with Crippen LogP contribution in [0.25, 0.3) is 0 Å². The van der Waals surface area contributed by atoms with Gasteiger partial charge >= 0.3 is 0 Å². The summed E-state index contributed by atoms with van der Waals surface area (Å²) in [5.41, 5.74) is 1.52. The molecule has 4 heteroatoms. The van der Waals surface area contributed by atoms with Crippen LogP contribution in [0.5, 0.6) is 0 Å². The Kier molecular flexibility index (Phi) is 3.33. The Morgan fingerprint density at radius 2 is 2.12 bits per heavy atom. The van der Waals surface area contributed by atoms with E-state index in [-0.39, 0.29) is 0 Å².